The molecule has 0 bridgehead atoms. The number of rotatable bonds is 3. The zero-order valence-electron chi connectivity index (χ0n) is 11.5. The van der Waals surface area contributed by atoms with E-state index in [2.05, 4.69) is 0 Å². The molecule has 0 spiro atoms. The summed E-state index contributed by atoms with van der Waals surface area (Å²) in [5.74, 6) is -1.30. The van der Waals surface area contributed by atoms with Crippen LogP contribution in [0, 0.1) is 5.82 Å². The van der Waals surface area contributed by atoms with E-state index in [0.717, 1.165) is 18.2 Å². The number of benzene rings is 1. The Kier molecular flexibility index (Phi) is 4.55. The first-order valence-corrected chi connectivity index (χ1v) is 8.65. The number of amides is 1. The number of hydrogen-bond acceptors (Lipinski definition) is 4. The van der Waals surface area contributed by atoms with Crippen LogP contribution < -0.4 is 0 Å². The molecule has 1 amide bonds. The topological polar surface area (TPSA) is 63.7 Å². The summed E-state index contributed by atoms with van der Waals surface area (Å²) in [5, 5.41) is 0. The standard InChI is InChI=1S/C13H15ClFNO4S/c1-8-11(5-6-20-8)16(2)13(17)10-7-9(15)3-4-12(10)21(14,18)19/h3-4,7-8,11H,5-6H2,1-2H3. The maximum Gasteiger partial charge on any atom is 0.262 e. The number of carbonyl (C=O) groups is 1. The molecule has 0 N–H and O–H groups in total. The largest absolute Gasteiger partial charge is 0.376 e. The lowest BCUT2D eigenvalue weighted by Gasteiger charge is -2.27. The predicted octanol–water partition coefficient (Wildman–Crippen LogP) is 2.00. The maximum atomic E-state index is 13.4. The lowest BCUT2D eigenvalue weighted by atomic mass is 10.1. The van der Waals surface area contributed by atoms with Gasteiger partial charge in [0.1, 0.15) is 5.82 Å². The van der Waals surface area contributed by atoms with Crippen LogP contribution in [0.1, 0.15) is 23.7 Å². The third-order valence-corrected chi connectivity index (χ3v) is 4.97. The van der Waals surface area contributed by atoms with Gasteiger partial charge in [0.15, 0.2) is 0 Å². The van der Waals surface area contributed by atoms with Gasteiger partial charge < -0.3 is 9.64 Å². The summed E-state index contributed by atoms with van der Waals surface area (Å²) in [6, 6.07) is 2.64. The van der Waals surface area contributed by atoms with Crippen molar-refractivity contribution in [3.63, 3.8) is 0 Å². The minimum atomic E-state index is -4.14. The van der Waals surface area contributed by atoms with Crippen molar-refractivity contribution < 1.29 is 22.3 Å². The first-order valence-electron chi connectivity index (χ1n) is 6.35. The number of nitrogens with zero attached hydrogens (tertiary/aromatic N) is 1. The summed E-state index contributed by atoms with van der Waals surface area (Å²) < 4.78 is 41.8. The molecule has 0 saturated carbocycles. The monoisotopic (exact) mass is 335 g/mol. The Morgan fingerprint density at radius 3 is 2.67 bits per heavy atom. The molecule has 1 aliphatic heterocycles. The molecule has 1 fully saturated rings. The molecule has 1 saturated heterocycles. The molecule has 1 aromatic rings. The van der Waals surface area contributed by atoms with E-state index in [-0.39, 0.29) is 17.7 Å². The summed E-state index contributed by atoms with van der Waals surface area (Å²) in [6.45, 7) is 2.35. The summed E-state index contributed by atoms with van der Waals surface area (Å²) in [7, 11) is 2.70. The molecule has 2 unspecified atom stereocenters. The lowest BCUT2D eigenvalue weighted by Crippen LogP contribution is -2.41. The summed E-state index contributed by atoms with van der Waals surface area (Å²) in [5.41, 5.74) is -0.272. The summed E-state index contributed by atoms with van der Waals surface area (Å²) in [6.07, 6.45) is 0.477. The summed E-state index contributed by atoms with van der Waals surface area (Å²) in [4.78, 5) is 13.5. The fourth-order valence-electron chi connectivity index (χ4n) is 2.45. The second kappa shape index (κ2) is 5.90. The highest BCUT2D eigenvalue weighted by Gasteiger charge is 2.33. The Morgan fingerprint density at radius 1 is 1.48 bits per heavy atom. The number of halogens is 2. The fourth-order valence-corrected chi connectivity index (χ4v) is 3.49. The smallest absolute Gasteiger partial charge is 0.262 e. The van der Waals surface area contributed by atoms with Gasteiger partial charge in [-0.1, -0.05) is 0 Å². The van der Waals surface area contributed by atoms with Gasteiger partial charge >= 0.3 is 0 Å². The molecular weight excluding hydrogens is 321 g/mol. The van der Waals surface area contributed by atoms with Crippen molar-refractivity contribution in [3.8, 4) is 0 Å². The molecule has 1 aromatic carbocycles. The molecule has 116 valence electrons. The van der Waals surface area contributed by atoms with Crippen LogP contribution in [0.4, 0.5) is 4.39 Å². The molecule has 0 aliphatic carbocycles. The summed E-state index contributed by atoms with van der Waals surface area (Å²) >= 11 is 0. The van der Waals surface area contributed by atoms with Gasteiger partial charge in [-0.3, -0.25) is 4.79 Å². The van der Waals surface area contributed by atoms with Gasteiger partial charge in [-0.05, 0) is 31.5 Å². The Hall–Kier alpha value is -1.18. The van der Waals surface area contributed by atoms with Gasteiger partial charge in [0.05, 0.1) is 22.6 Å². The molecule has 0 aromatic heterocycles. The number of ether oxygens (including phenoxy) is 1. The first kappa shape index (κ1) is 16.2. The van der Waals surface area contributed by atoms with E-state index < -0.39 is 25.7 Å². The number of likely N-dealkylation sites (N-methyl/N-ethyl adjacent to an activating group) is 1. The Bertz CT molecular complexity index is 664. The van der Waals surface area contributed by atoms with Crippen molar-refractivity contribution in [3.05, 3.63) is 29.6 Å². The van der Waals surface area contributed by atoms with Crippen molar-refractivity contribution in [1.29, 1.82) is 0 Å². The van der Waals surface area contributed by atoms with E-state index >= 15 is 0 Å². The van der Waals surface area contributed by atoms with Crippen LogP contribution in [0.25, 0.3) is 0 Å². The second-order valence-corrected chi connectivity index (χ2v) is 7.46. The van der Waals surface area contributed by atoms with Crippen molar-refractivity contribution in [2.24, 2.45) is 0 Å². The van der Waals surface area contributed by atoms with Crippen molar-refractivity contribution >= 4 is 25.6 Å². The van der Waals surface area contributed by atoms with E-state index in [1.165, 1.54) is 11.9 Å². The van der Waals surface area contributed by atoms with E-state index in [1.807, 2.05) is 6.92 Å². The van der Waals surface area contributed by atoms with Crippen LogP contribution in [0.15, 0.2) is 23.1 Å². The number of carbonyl (C=O) groups excluding carboxylic acids is 1. The van der Waals surface area contributed by atoms with Gasteiger partial charge in [-0.15, -0.1) is 0 Å². The third kappa shape index (κ3) is 3.36. The molecule has 5 nitrogen and oxygen atoms in total. The molecule has 21 heavy (non-hydrogen) atoms. The minimum absolute atomic E-state index is 0.163. The van der Waals surface area contributed by atoms with Gasteiger partial charge in [-0.2, -0.15) is 0 Å². The van der Waals surface area contributed by atoms with Gasteiger partial charge in [0, 0.05) is 24.3 Å². The normalized spacial score (nSPS) is 22.3. The molecule has 2 atom stereocenters. The third-order valence-electron chi connectivity index (χ3n) is 3.59. The molecular formula is C13H15ClFNO4S. The minimum Gasteiger partial charge on any atom is -0.376 e. The van der Waals surface area contributed by atoms with Gasteiger partial charge in [-0.25, -0.2) is 12.8 Å². The molecule has 8 heteroatoms. The van der Waals surface area contributed by atoms with E-state index in [1.54, 1.807) is 0 Å². The number of hydrogen-bond donors (Lipinski definition) is 0. The van der Waals surface area contributed by atoms with Crippen LogP contribution in [0.3, 0.4) is 0 Å². The quantitative estimate of drug-likeness (QED) is 0.793. The Morgan fingerprint density at radius 2 is 2.14 bits per heavy atom. The molecule has 1 aliphatic rings. The van der Waals surface area contributed by atoms with E-state index in [9.17, 15) is 17.6 Å². The van der Waals surface area contributed by atoms with Crippen molar-refractivity contribution in [2.75, 3.05) is 13.7 Å². The highest BCUT2D eigenvalue weighted by molar-refractivity contribution is 8.13. The average molecular weight is 336 g/mol. The van der Waals surface area contributed by atoms with Crippen LogP contribution in [0.5, 0.6) is 0 Å². The van der Waals surface area contributed by atoms with Crippen LogP contribution in [-0.2, 0) is 13.8 Å². The van der Waals surface area contributed by atoms with Gasteiger partial charge in [0.2, 0.25) is 0 Å². The van der Waals surface area contributed by atoms with E-state index in [4.69, 9.17) is 15.4 Å². The van der Waals surface area contributed by atoms with Crippen LogP contribution in [0.2, 0.25) is 0 Å². The lowest BCUT2D eigenvalue weighted by molar-refractivity contribution is 0.0571. The Balaban J connectivity index is 2.41. The van der Waals surface area contributed by atoms with Crippen molar-refractivity contribution in [1.82, 2.24) is 4.90 Å². The zero-order valence-corrected chi connectivity index (χ0v) is 13.1. The maximum absolute atomic E-state index is 13.4. The SMILES string of the molecule is CC1OCCC1N(C)C(=O)c1cc(F)ccc1S(=O)(=O)Cl. The van der Waals surface area contributed by atoms with Crippen LogP contribution >= 0.6 is 10.7 Å². The first-order chi connectivity index (χ1) is 9.71. The fraction of sp³-hybridized carbons (Fsp3) is 0.462. The molecule has 0 radical (unpaired) electrons. The highest BCUT2D eigenvalue weighted by Crippen LogP contribution is 2.25. The highest BCUT2D eigenvalue weighted by atomic mass is 35.7. The Labute approximate surface area is 127 Å². The van der Waals surface area contributed by atoms with Crippen LogP contribution in [-0.4, -0.2) is 45.0 Å². The van der Waals surface area contributed by atoms with Gasteiger partial charge in [0.25, 0.3) is 15.0 Å². The molecule has 1 heterocycles. The second-order valence-electron chi connectivity index (χ2n) is 4.93. The predicted molar refractivity (Wildman–Crippen MR) is 75.4 cm³/mol. The van der Waals surface area contributed by atoms with Crippen molar-refractivity contribution in [2.45, 2.75) is 30.4 Å². The average Bonchev–Trinajstić information content (AvgIpc) is 2.81. The zero-order chi connectivity index (χ0) is 15.8. The van der Waals surface area contributed by atoms with E-state index in [0.29, 0.717) is 13.0 Å². The molecule has 2 rings (SSSR count).